The zero-order valence-corrected chi connectivity index (χ0v) is 9.72. The second-order valence-electron chi connectivity index (χ2n) is 4.31. The first kappa shape index (κ1) is 10.8. The van der Waals surface area contributed by atoms with Gasteiger partial charge in [-0.25, -0.2) is 0 Å². The monoisotopic (exact) mass is 212 g/mol. The predicted molar refractivity (Wildman–Crippen MR) is 65.4 cm³/mol. The number of aromatic nitrogens is 2. The Morgan fingerprint density at radius 2 is 1.81 bits per heavy atom. The molecule has 0 aliphatic carbocycles. The standard InChI is InChI=1S/C14H16N2/c1-11(2)14-9-13(10-15-16-14)8-12-6-4-3-5-7-12/h3-7,9-11H,8H2,1-2H3. The molecule has 0 unspecified atom stereocenters. The average molecular weight is 212 g/mol. The second-order valence-corrected chi connectivity index (χ2v) is 4.31. The van der Waals surface area contributed by atoms with Crippen LogP contribution in [0.1, 0.15) is 36.6 Å². The first-order valence-corrected chi connectivity index (χ1v) is 5.61. The first-order valence-electron chi connectivity index (χ1n) is 5.61. The maximum atomic E-state index is 4.13. The van der Waals surface area contributed by atoms with Gasteiger partial charge in [0, 0.05) is 0 Å². The lowest BCUT2D eigenvalue weighted by Gasteiger charge is -2.06. The maximum absolute atomic E-state index is 4.13. The predicted octanol–water partition coefficient (Wildman–Crippen LogP) is 3.19. The van der Waals surface area contributed by atoms with E-state index in [0.29, 0.717) is 5.92 Å². The molecule has 16 heavy (non-hydrogen) atoms. The molecule has 0 fully saturated rings. The molecule has 2 nitrogen and oxygen atoms in total. The minimum absolute atomic E-state index is 0.434. The summed E-state index contributed by atoms with van der Waals surface area (Å²) in [7, 11) is 0. The Bertz CT molecular complexity index is 449. The van der Waals surface area contributed by atoms with Crippen LogP contribution in [0.5, 0.6) is 0 Å². The van der Waals surface area contributed by atoms with Gasteiger partial charge in [0.2, 0.25) is 0 Å². The van der Waals surface area contributed by atoms with Crippen LogP contribution in [0.3, 0.4) is 0 Å². The molecule has 0 radical (unpaired) electrons. The third kappa shape index (κ3) is 2.66. The molecule has 0 amide bonds. The summed E-state index contributed by atoms with van der Waals surface area (Å²) >= 11 is 0. The van der Waals surface area contributed by atoms with Gasteiger partial charge < -0.3 is 0 Å². The summed E-state index contributed by atoms with van der Waals surface area (Å²) in [5, 5.41) is 8.18. The van der Waals surface area contributed by atoms with Crippen LogP contribution in [0.25, 0.3) is 0 Å². The molecule has 1 aromatic carbocycles. The van der Waals surface area contributed by atoms with E-state index in [1.165, 1.54) is 11.1 Å². The SMILES string of the molecule is CC(C)c1cc(Cc2ccccc2)cnn1. The van der Waals surface area contributed by atoms with Crippen molar-refractivity contribution >= 4 is 0 Å². The van der Waals surface area contributed by atoms with Gasteiger partial charge in [-0.1, -0.05) is 44.2 Å². The average Bonchev–Trinajstić information content (AvgIpc) is 2.30. The van der Waals surface area contributed by atoms with Gasteiger partial charge in [0.15, 0.2) is 0 Å². The van der Waals surface area contributed by atoms with Crippen molar-refractivity contribution in [2.45, 2.75) is 26.2 Å². The Hall–Kier alpha value is -1.70. The minimum Gasteiger partial charge on any atom is -0.159 e. The van der Waals surface area contributed by atoms with Crippen molar-refractivity contribution in [1.29, 1.82) is 0 Å². The maximum Gasteiger partial charge on any atom is 0.0659 e. The summed E-state index contributed by atoms with van der Waals surface area (Å²) < 4.78 is 0. The highest BCUT2D eigenvalue weighted by Gasteiger charge is 2.03. The van der Waals surface area contributed by atoms with Crippen molar-refractivity contribution in [3.8, 4) is 0 Å². The third-order valence-corrected chi connectivity index (χ3v) is 2.57. The third-order valence-electron chi connectivity index (χ3n) is 2.57. The van der Waals surface area contributed by atoms with Gasteiger partial charge in [-0.05, 0) is 29.5 Å². The van der Waals surface area contributed by atoms with E-state index in [1.807, 2.05) is 12.3 Å². The quantitative estimate of drug-likeness (QED) is 0.780. The van der Waals surface area contributed by atoms with Crippen LogP contribution in [0, 0.1) is 0 Å². The fourth-order valence-corrected chi connectivity index (χ4v) is 1.64. The highest BCUT2D eigenvalue weighted by Crippen LogP contribution is 2.14. The van der Waals surface area contributed by atoms with Crippen LogP contribution < -0.4 is 0 Å². The van der Waals surface area contributed by atoms with Gasteiger partial charge in [0.05, 0.1) is 11.9 Å². The Morgan fingerprint density at radius 1 is 1.06 bits per heavy atom. The summed E-state index contributed by atoms with van der Waals surface area (Å²) in [6.07, 6.45) is 2.77. The smallest absolute Gasteiger partial charge is 0.0659 e. The second kappa shape index (κ2) is 4.88. The normalized spacial score (nSPS) is 10.7. The topological polar surface area (TPSA) is 25.8 Å². The molecule has 0 spiro atoms. The number of rotatable bonds is 3. The lowest BCUT2D eigenvalue weighted by molar-refractivity contribution is 0.778. The summed E-state index contributed by atoms with van der Waals surface area (Å²) in [4.78, 5) is 0. The molecule has 0 aliphatic heterocycles. The van der Waals surface area contributed by atoms with E-state index in [2.05, 4.69) is 54.4 Å². The Kier molecular flexibility index (Phi) is 3.30. The molecule has 2 rings (SSSR count). The van der Waals surface area contributed by atoms with Crippen LogP contribution in [0.2, 0.25) is 0 Å². The molecule has 0 bridgehead atoms. The van der Waals surface area contributed by atoms with Gasteiger partial charge >= 0.3 is 0 Å². The van der Waals surface area contributed by atoms with Crippen LogP contribution in [-0.4, -0.2) is 10.2 Å². The number of hydrogen-bond acceptors (Lipinski definition) is 2. The van der Waals surface area contributed by atoms with Gasteiger partial charge in [-0.15, -0.1) is 0 Å². The highest BCUT2D eigenvalue weighted by molar-refractivity contribution is 5.25. The lowest BCUT2D eigenvalue weighted by Crippen LogP contribution is -1.98. The van der Waals surface area contributed by atoms with E-state index in [-0.39, 0.29) is 0 Å². The molecular weight excluding hydrogens is 196 g/mol. The first-order chi connectivity index (χ1) is 7.75. The summed E-state index contributed by atoms with van der Waals surface area (Å²) in [6, 6.07) is 12.6. The molecule has 1 aromatic heterocycles. The van der Waals surface area contributed by atoms with Crippen molar-refractivity contribution < 1.29 is 0 Å². The molecule has 0 N–H and O–H groups in total. The highest BCUT2D eigenvalue weighted by atomic mass is 15.1. The van der Waals surface area contributed by atoms with E-state index in [9.17, 15) is 0 Å². The van der Waals surface area contributed by atoms with Crippen molar-refractivity contribution in [3.63, 3.8) is 0 Å². The number of benzene rings is 1. The Morgan fingerprint density at radius 3 is 2.50 bits per heavy atom. The molecule has 0 aliphatic rings. The molecule has 0 saturated heterocycles. The van der Waals surface area contributed by atoms with Gasteiger partial charge in [0.25, 0.3) is 0 Å². The summed E-state index contributed by atoms with van der Waals surface area (Å²) in [5.41, 5.74) is 3.60. The fourth-order valence-electron chi connectivity index (χ4n) is 1.64. The van der Waals surface area contributed by atoms with Crippen molar-refractivity contribution in [2.75, 3.05) is 0 Å². The molecule has 2 aromatic rings. The Balaban J connectivity index is 2.19. The molecule has 2 heteroatoms. The van der Waals surface area contributed by atoms with Crippen molar-refractivity contribution in [2.24, 2.45) is 0 Å². The van der Waals surface area contributed by atoms with Crippen LogP contribution in [-0.2, 0) is 6.42 Å². The zero-order valence-electron chi connectivity index (χ0n) is 9.72. The van der Waals surface area contributed by atoms with Crippen LogP contribution in [0.15, 0.2) is 42.6 Å². The van der Waals surface area contributed by atoms with Crippen molar-refractivity contribution in [3.05, 3.63) is 59.4 Å². The van der Waals surface area contributed by atoms with Gasteiger partial charge in [-0.3, -0.25) is 0 Å². The van der Waals surface area contributed by atoms with Crippen LogP contribution >= 0.6 is 0 Å². The molecular formula is C14H16N2. The van der Waals surface area contributed by atoms with E-state index in [0.717, 1.165) is 12.1 Å². The molecule has 0 saturated carbocycles. The van der Waals surface area contributed by atoms with Crippen LogP contribution in [0.4, 0.5) is 0 Å². The Labute approximate surface area is 96.4 Å². The van der Waals surface area contributed by atoms with E-state index >= 15 is 0 Å². The zero-order chi connectivity index (χ0) is 11.4. The largest absolute Gasteiger partial charge is 0.159 e. The molecule has 0 atom stereocenters. The van der Waals surface area contributed by atoms with Gasteiger partial charge in [0.1, 0.15) is 0 Å². The fraction of sp³-hybridized carbons (Fsp3) is 0.286. The summed E-state index contributed by atoms with van der Waals surface area (Å²) in [6.45, 7) is 4.27. The molecule has 1 heterocycles. The lowest BCUT2D eigenvalue weighted by atomic mass is 10.0. The van der Waals surface area contributed by atoms with E-state index in [4.69, 9.17) is 0 Å². The van der Waals surface area contributed by atoms with E-state index in [1.54, 1.807) is 0 Å². The van der Waals surface area contributed by atoms with Gasteiger partial charge in [-0.2, -0.15) is 10.2 Å². The number of nitrogens with zero attached hydrogens (tertiary/aromatic N) is 2. The number of hydrogen-bond donors (Lipinski definition) is 0. The van der Waals surface area contributed by atoms with Crippen molar-refractivity contribution in [1.82, 2.24) is 10.2 Å². The minimum atomic E-state index is 0.434. The van der Waals surface area contributed by atoms with E-state index < -0.39 is 0 Å². The summed E-state index contributed by atoms with van der Waals surface area (Å²) in [5.74, 6) is 0.434. The molecule has 82 valence electrons.